The Labute approximate surface area is 130 Å². The fraction of sp³-hybridized carbons (Fsp3) is 0.750. The summed E-state index contributed by atoms with van der Waals surface area (Å²) in [5.74, 6) is 2.52. The van der Waals surface area contributed by atoms with Gasteiger partial charge in [-0.1, -0.05) is 6.92 Å². The second kappa shape index (κ2) is 7.30. The summed E-state index contributed by atoms with van der Waals surface area (Å²) >= 11 is 4.13. The van der Waals surface area contributed by atoms with E-state index in [1.54, 1.807) is 15.3 Å². The van der Waals surface area contributed by atoms with Crippen LogP contribution in [0.4, 0.5) is 0 Å². The molecule has 3 heterocycles. The first kappa shape index (κ1) is 14.9. The van der Waals surface area contributed by atoms with Gasteiger partial charge < -0.3 is 10.1 Å². The molecule has 0 bridgehead atoms. The van der Waals surface area contributed by atoms with Crippen molar-refractivity contribution in [2.75, 3.05) is 18.9 Å². The molecule has 4 heteroatoms. The summed E-state index contributed by atoms with van der Waals surface area (Å²) in [5, 5.41) is 3.68. The van der Waals surface area contributed by atoms with E-state index in [0.717, 1.165) is 13.2 Å². The van der Waals surface area contributed by atoms with Crippen molar-refractivity contribution in [2.45, 2.75) is 56.9 Å². The van der Waals surface area contributed by atoms with Gasteiger partial charge in [0.25, 0.3) is 0 Å². The van der Waals surface area contributed by atoms with Crippen LogP contribution in [0.1, 0.15) is 54.0 Å². The minimum Gasteiger partial charge on any atom is -0.378 e. The highest BCUT2D eigenvalue weighted by atomic mass is 32.2. The Balaban J connectivity index is 1.64. The minimum atomic E-state index is 0.515. The van der Waals surface area contributed by atoms with Crippen LogP contribution in [0.3, 0.4) is 0 Å². The predicted octanol–water partition coefficient (Wildman–Crippen LogP) is 4.15. The molecule has 0 spiro atoms. The molecule has 0 aliphatic carbocycles. The van der Waals surface area contributed by atoms with Gasteiger partial charge >= 0.3 is 0 Å². The third-order valence-electron chi connectivity index (χ3n) is 4.24. The third-order valence-corrected chi connectivity index (χ3v) is 6.60. The zero-order valence-corrected chi connectivity index (χ0v) is 14.0. The van der Waals surface area contributed by atoms with Crippen molar-refractivity contribution in [3.8, 4) is 0 Å². The lowest BCUT2D eigenvalue weighted by atomic mass is 10.0. The zero-order valence-electron chi connectivity index (χ0n) is 12.3. The normalized spacial score (nSPS) is 23.8. The molecule has 3 rings (SSSR count). The molecule has 2 unspecified atom stereocenters. The van der Waals surface area contributed by atoms with Crippen molar-refractivity contribution >= 4 is 23.1 Å². The van der Waals surface area contributed by atoms with E-state index in [4.69, 9.17) is 4.74 Å². The summed E-state index contributed by atoms with van der Waals surface area (Å²) in [5.41, 5.74) is 1.60. The molecule has 112 valence electrons. The lowest BCUT2D eigenvalue weighted by molar-refractivity contribution is 0.0997. The van der Waals surface area contributed by atoms with Crippen molar-refractivity contribution in [2.24, 2.45) is 0 Å². The number of nitrogens with one attached hydrogen (secondary N) is 1. The largest absolute Gasteiger partial charge is 0.378 e. The van der Waals surface area contributed by atoms with Gasteiger partial charge in [-0.2, -0.15) is 11.8 Å². The Kier molecular flexibility index (Phi) is 5.43. The van der Waals surface area contributed by atoms with E-state index in [1.165, 1.54) is 43.6 Å². The summed E-state index contributed by atoms with van der Waals surface area (Å²) in [6.45, 7) is 4.23. The van der Waals surface area contributed by atoms with Crippen LogP contribution in [0, 0.1) is 0 Å². The second-order valence-electron chi connectivity index (χ2n) is 5.72. The molecular weight excluding hydrogens is 286 g/mol. The summed E-state index contributed by atoms with van der Waals surface area (Å²) in [7, 11) is 0. The van der Waals surface area contributed by atoms with Gasteiger partial charge in [-0.05, 0) is 56.0 Å². The average Bonchev–Trinajstić information content (AvgIpc) is 3.12. The van der Waals surface area contributed by atoms with Gasteiger partial charge in [-0.3, -0.25) is 0 Å². The van der Waals surface area contributed by atoms with E-state index in [1.807, 2.05) is 11.3 Å². The van der Waals surface area contributed by atoms with Gasteiger partial charge in [0.1, 0.15) is 0 Å². The Morgan fingerprint density at radius 1 is 1.50 bits per heavy atom. The van der Waals surface area contributed by atoms with E-state index in [2.05, 4.69) is 30.1 Å². The molecule has 0 amide bonds. The molecule has 0 radical (unpaired) electrons. The smallest absolute Gasteiger partial charge is 0.0576 e. The van der Waals surface area contributed by atoms with Gasteiger partial charge in [-0.25, -0.2) is 0 Å². The van der Waals surface area contributed by atoms with Crippen LogP contribution >= 0.6 is 23.1 Å². The van der Waals surface area contributed by atoms with Crippen molar-refractivity contribution in [3.05, 3.63) is 21.4 Å². The van der Waals surface area contributed by atoms with Crippen LogP contribution in [0.2, 0.25) is 0 Å². The number of thiophene rings is 1. The van der Waals surface area contributed by atoms with Crippen LogP contribution in [0.25, 0.3) is 0 Å². The van der Waals surface area contributed by atoms with Gasteiger partial charge in [0, 0.05) is 28.2 Å². The van der Waals surface area contributed by atoms with E-state index in [-0.39, 0.29) is 0 Å². The van der Waals surface area contributed by atoms with Crippen LogP contribution in [0.5, 0.6) is 0 Å². The number of aryl methyl sites for hydroxylation is 1. The van der Waals surface area contributed by atoms with E-state index >= 15 is 0 Å². The predicted molar refractivity (Wildman–Crippen MR) is 88.8 cm³/mol. The number of hydrogen-bond acceptors (Lipinski definition) is 4. The van der Waals surface area contributed by atoms with Crippen molar-refractivity contribution in [3.63, 3.8) is 0 Å². The minimum absolute atomic E-state index is 0.515. The summed E-state index contributed by atoms with van der Waals surface area (Å²) in [4.78, 5) is 3.19. The molecule has 0 saturated carbocycles. The van der Waals surface area contributed by atoms with Gasteiger partial charge in [0.2, 0.25) is 0 Å². The molecule has 1 aromatic rings. The average molecular weight is 312 g/mol. The Hall–Kier alpha value is -0.0300. The van der Waals surface area contributed by atoms with Gasteiger partial charge in [0.15, 0.2) is 0 Å². The molecule has 0 aromatic carbocycles. The molecule has 1 saturated heterocycles. The third kappa shape index (κ3) is 3.59. The lowest BCUT2D eigenvalue weighted by Gasteiger charge is -2.18. The number of ether oxygens (including phenoxy) is 1. The first-order chi connectivity index (χ1) is 9.86. The maximum absolute atomic E-state index is 5.77. The lowest BCUT2D eigenvalue weighted by Crippen LogP contribution is -2.21. The molecule has 2 aliphatic rings. The number of thioether (sulfide) groups is 1. The highest BCUT2D eigenvalue weighted by Crippen LogP contribution is 2.36. The van der Waals surface area contributed by atoms with Gasteiger partial charge in [-0.15, -0.1) is 11.3 Å². The first-order valence-electron chi connectivity index (χ1n) is 7.91. The summed E-state index contributed by atoms with van der Waals surface area (Å²) < 4.78 is 5.77. The molecule has 2 atom stereocenters. The van der Waals surface area contributed by atoms with E-state index in [9.17, 15) is 0 Å². The Bertz CT molecular complexity index is 403. The quantitative estimate of drug-likeness (QED) is 0.853. The topological polar surface area (TPSA) is 21.3 Å². The van der Waals surface area contributed by atoms with Crippen LogP contribution in [-0.4, -0.2) is 25.0 Å². The number of fused-ring (bicyclic) bond motifs is 1. The first-order valence-corrected chi connectivity index (χ1v) is 9.88. The SMILES string of the molecule is CCNC(CCC1CCCO1)c1cc2c(s1)CCSC2. The monoisotopic (exact) mass is 311 g/mol. The standard InChI is InChI=1S/C16H25NOS2/c1-2-17-14(6-5-13-4-3-8-18-13)16-10-12-11-19-9-7-15(12)20-16/h10,13-14,17H,2-9,11H2,1H3. The summed E-state index contributed by atoms with van der Waals surface area (Å²) in [6, 6.07) is 3.00. The highest BCUT2D eigenvalue weighted by Gasteiger charge is 2.21. The Morgan fingerprint density at radius 2 is 2.45 bits per heavy atom. The van der Waals surface area contributed by atoms with Crippen LogP contribution in [-0.2, 0) is 16.9 Å². The maximum Gasteiger partial charge on any atom is 0.0576 e. The van der Waals surface area contributed by atoms with Crippen molar-refractivity contribution < 1.29 is 4.74 Å². The van der Waals surface area contributed by atoms with Crippen molar-refractivity contribution in [1.82, 2.24) is 5.32 Å². The molecular formula is C16H25NOS2. The molecule has 1 N–H and O–H groups in total. The maximum atomic E-state index is 5.77. The highest BCUT2D eigenvalue weighted by molar-refractivity contribution is 7.98. The second-order valence-corrected chi connectivity index (χ2v) is 8.00. The summed E-state index contributed by atoms with van der Waals surface area (Å²) in [6.07, 6.45) is 6.72. The van der Waals surface area contributed by atoms with Crippen LogP contribution in [0.15, 0.2) is 6.07 Å². The van der Waals surface area contributed by atoms with Crippen molar-refractivity contribution in [1.29, 1.82) is 0 Å². The number of rotatable bonds is 6. The van der Waals surface area contributed by atoms with E-state index in [0.29, 0.717) is 12.1 Å². The molecule has 2 aliphatic heterocycles. The molecule has 1 fully saturated rings. The molecule has 1 aromatic heterocycles. The fourth-order valence-electron chi connectivity index (χ4n) is 3.16. The number of hydrogen-bond donors (Lipinski definition) is 1. The van der Waals surface area contributed by atoms with Gasteiger partial charge in [0.05, 0.1) is 6.10 Å². The van der Waals surface area contributed by atoms with E-state index < -0.39 is 0 Å². The molecule has 2 nitrogen and oxygen atoms in total. The van der Waals surface area contributed by atoms with Crippen LogP contribution < -0.4 is 5.32 Å². The zero-order chi connectivity index (χ0) is 13.8. The Morgan fingerprint density at radius 3 is 3.20 bits per heavy atom. The fourth-order valence-corrected chi connectivity index (χ4v) is 5.64. The molecule has 20 heavy (non-hydrogen) atoms.